The molecule has 1 aliphatic carbocycles. The summed E-state index contributed by atoms with van der Waals surface area (Å²) in [4.78, 5) is 8.88. The molecule has 116 valence electrons. The van der Waals surface area contributed by atoms with Crippen molar-refractivity contribution in [2.45, 2.75) is 51.1 Å². The number of nitrogens with one attached hydrogen (secondary N) is 2. The molecule has 22 heavy (non-hydrogen) atoms. The van der Waals surface area contributed by atoms with Crippen molar-refractivity contribution in [2.75, 3.05) is 10.6 Å². The predicted octanol–water partition coefficient (Wildman–Crippen LogP) is 4.22. The lowest BCUT2D eigenvalue weighted by Gasteiger charge is -2.17. The third kappa shape index (κ3) is 4.45. The minimum atomic E-state index is 0.555. The Balaban J connectivity index is 1.57. The Labute approximate surface area is 132 Å². The number of anilines is 2. The molecule has 0 radical (unpaired) electrons. The van der Waals surface area contributed by atoms with Gasteiger partial charge in [-0.2, -0.15) is 4.98 Å². The Bertz CT molecular complexity index is 562. The molecule has 0 aliphatic heterocycles. The third-order valence-electron chi connectivity index (χ3n) is 4.16. The van der Waals surface area contributed by atoms with E-state index < -0.39 is 0 Å². The van der Waals surface area contributed by atoms with Crippen molar-refractivity contribution < 1.29 is 0 Å². The molecule has 1 heterocycles. The Morgan fingerprint density at radius 1 is 0.955 bits per heavy atom. The van der Waals surface area contributed by atoms with Crippen LogP contribution in [0.25, 0.3) is 0 Å². The van der Waals surface area contributed by atoms with Crippen LogP contribution in [0.2, 0.25) is 0 Å². The monoisotopic (exact) mass is 296 g/mol. The van der Waals surface area contributed by atoms with E-state index in [1.165, 1.54) is 44.1 Å². The highest BCUT2D eigenvalue weighted by Gasteiger charge is 2.12. The van der Waals surface area contributed by atoms with Crippen molar-refractivity contribution in [3.05, 3.63) is 48.2 Å². The van der Waals surface area contributed by atoms with Crippen molar-refractivity contribution in [3.8, 4) is 0 Å². The topological polar surface area (TPSA) is 49.8 Å². The van der Waals surface area contributed by atoms with Gasteiger partial charge in [-0.1, -0.05) is 56.0 Å². The number of nitrogens with zero attached hydrogens (tertiary/aromatic N) is 2. The molecule has 0 unspecified atom stereocenters. The van der Waals surface area contributed by atoms with E-state index in [4.69, 9.17) is 0 Å². The summed E-state index contributed by atoms with van der Waals surface area (Å²) < 4.78 is 0. The number of hydrogen-bond donors (Lipinski definition) is 2. The van der Waals surface area contributed by atoms with Crippen LogP contribution in [0.5, 0.6) is 0 Å². The van der Waals surface area contributed by atoms with E-state index in [0.717, 1.165) is 12.4 Å². The second-order valence-corrected chi connectivity index (χ2v) is 5.94. The highest BCUT2D eigenvalue weighted by atomic mass is 15.1. The zero-order chi connectivity index (χ0) is 15.0. The lowest BCUT2D eigenvalue weighted by atomic mass is 10.1. The summed E-state index contributed by atoms with van der Waals surface area (Å²) >= 11 is 0. The van der Waals surface area contributed by atoms with E-state index in [-0.39, 0.29) is 0 Å². The molecule has 1 saturated carbocycles. The van der Waals surface area contributed by atoms with Gasteiger partial charge in [-0.15, -0.1) is 0 Å². The fourth-order valence-electron chi connectivity index (χ4n) is 2.93. The molecule has 1 fully saturated rings. The SMILES string of the molecule is c1ccc(CNc2nccc(NC3CCCCCC3)n2)cc1. The summed E-state index contributed by atoms with van der Waals surface area (Å²) in [6.45, 7) is 0.744. The summed E-state index contributed by atoms with van der Waals surface area (Å²) in [7, 11) is 0. The maximum Gasteiger partial charge on any atom is 0.224 e. The largest absolute Gasteiger partial charge is 0.367 e. The second-order valence-electron chi connectivity index (χ2n) is 5.94. The van der Waals surface area contributed by atoms with Crippen molar-refractivity contribution in [1.29, 1.82) is 0 Å². The molecule has 0 atom stereocenters. The fourth-order valence-corrected chi connectivity index (χ4v) is 2.93. The van der Waals surface area contributed by atoms with E-state index in [1.807, 2.05) is 30.5 Å². The van der Waals surface area contributed by atoms with E-state index in [2.05, 4.69) is 32.7 Å². The minimum absolute atomic E-state index is 0.555. The standard InChI is InChI=1S/C18H24N4/c1-2-7-11-16(10-6-1)21-17-12-13-19-18(22-17)20-14-15-8-4-3-5-9-15/h3-5,8-9,12-13,16H,1-2,6-7,10-11,14H2,(H2,19,20,21,22). The number of benzene rings is 1. The molecule has 2 aromatic rings. The Morgan fingerprint density at radius 2 is 1.73 bits per heavy atom. The van der Waals surface area contributed by atoms with Crippen molar-refractivity contribution in [1.82, 2.24) is 9.97 Å². The van der Waals surface area contributed by atoms with Gasteiger partial charge in [0.05, 0.1) is 0 Å². The zero-order valence-corrected chi connectivity index (χ0v) is 13.0. The van der Waals surface area contributed by atoms with Gasteiger partial charge < -0.3 is 10.6 Å². The first-order valence-electron chi connectivity index (χ1n) is 8.27. The number of aromatic nitrogens is 2. The quantitative estimate of drug-likeness (QED) is 0.811. The Kier molecular flexibility index (Phi) is 5.24. The maximum absolute atomic E-state index is 4.58. The van der Waals surface area contributed by atoms with E-state index in [9.17, 15) is 0 Å². The number of hydrogen-bond acceptors (Lipinski definition) is 4. The lowest BCUT2D eigenvalue weighted by molar-refractivity contribution is 0.617. The second kappa shape index (κ2) is 7.78. The van der Waals surface area contributed by atoms with Crippen LogP contribution in [0.3, 0.4) is 0 Å². The Morgan fingerprint density at radius 3 is 2.50 bits per heavy atom. The van der Waals surface area contributed by atoms with Crippen LogP contribution >= 0.6 is 0 Å². The predicted molar refractivity (Wildman–Crippen MR) is 90.9 cm³/mol. The summed E-state index contributed by atoms with van der Waals surface area (Å²) in [6.07, 6.45) is 9.69. The smallest absolute Gasteiger partial charge is 0.224 e. The third-order valence-corrected chi connectivity index (χ3v) is 4.16. The van der Waals surface area contributed by atoms with Crippen LogP contribution in [-0.2, 0) is 6.54 Å². The molecule has 1 aromatic carbocycles. The van der Waals surface area contributed by atoms with Crippen LogP contribution in [0.15, 0.2) is 42.6 Å². The summed E-state index contributed by atoms with van der Waals surface area (Å²) in [5, 5.41) is 6.86. The van der Waals surface area contributed by atoms with Crippen LogP contribution in [-0.4, -0.2) is 16.0 Å². The molecule has 0 saturated heterocycles. The van der Waals surface area contributed by atoms with E-state index in [0.29, 0.717) is 12.0 Å². The van der Waals surface area contributed by atoms with Crippen molar-refractivity contribution in [3.63, 3.8) is 0 Å². The summed E-state index contributed by atoms with van der Waals surface area (Å²) in [5.74, 6) is 1.61. The maximum atomic E-state index is 4.58. The van der Waals surface area contributed by atoms with Gasteiger partial charge in [-0.3, -0.25) is 0 Å². The summed E-state index contributed by atoms with van der Waals surface area (Å²) in [6, 6.07) is 12.8. The van der Waals surface area contributed by atoms with Gasteiger partial charge in [-0.25, -0.2) is 4.98 Å². The molecule has 2 N–H and O–H groups in total. The molecular weight excluding hydrogens is 272 g/mol. The van der Waals surface area contributed by atoms with Gasteiger partial charge >= 0.3 is 0 Å². The molecule has 1 aromatic heterocycles. The van der Waals surface area contributed by atoms with Gasteiger partial charge in [-0.05, 0) is 24.5 Å². The van der Waals surface area contributed by atoms with E-state index in [1.54, 1.807) is 0 Å². The normalized spacial score (nSPS) is 16.0. The highest BCUT2D eigenvalue weighted by molar-refractivity contribution is 5.40. The molecule has 3 rings (SSSR count). The first-order valence-corrected chi connectivity index (χ1v) is 8.27. The number of rotatable bonds is 5. The van der Waals surface area contributed by atoms with Crippen LogP contribution in [0.4, 0.5) is 11.8 Å². The van der Waals surface area contributed by atoms with Crippen LogP contribution in [0, 0.1) is 0 Å². The minimum Gasteiger partial charge on any atom is -0.367 e. The molecule has 4 heteroatoms. The van der Waals surface area contributed by atoms with Crippen LogP contribution in [0.1, 0.15) is 44.1 Å². The van der Waals surface area contributed by atoms with Gasteiger partial charge in [0, 0.05) is 18.8 Å². The lowest BCUT2D eigenvalue weighted by Crippen LogP contribution is -2.19. The van der Waals surface area contributed by atoms with E-state index >= 15 is 0 Å². The fraction of sp³-hybridized carbons (Fsp3) is 0.444. The van der Waals surface area contributed by atoms with Crippen LogP contribution < -0.4 is 10.6 Å². The molecule has 0 bridgehead atoms. The van der Waals surface area contributed by atoms with Gasteiger partial charge in [0.2, 0.25) is 5.95 Å². The van der Waals surface area contributed by atoms with Gasteiger partial charge in [0.1, 0.15) is 5.82 Å². The highest BCUT2D eigenvalue weighted by Crippen LogP contribution is 2.20. The molecule has 0 amide bonds. The van der Waals surface area contributed by atoms with Crippen molar-refractivity contribution >= 4 is 11.8 Å². The average molecular weight is 296 g/mol. The summed E-state index contributed by atoms with van der Waals surface area (Å²) in [5.41, 5.74) is 1.23. The van der Waals surface area contributed by atoms with Gasteiger partial charge in [0.25, 0.3) is 0 Å². The van der Waals surface area contributed by atoms with Crippen molar-refractivity contribution in [2.24, 2.45) is 0 Å². The molecular formula is C18H24N4. The first-order chi connectivity index (χ1) is 10.9. The van der Waals surface area contributed by atoms with Gasteiger partial charge in [0.15, 0.2) is 0 Å². The molecule has 4 nitrogen and oxygen atoms in total. The average Bonchev–Trinajstić information content (AvgIpc) is 2.83. The molecule has 1 aliphatic rings. The molecule has 0 spiro atoms. The Hall–Kier alpha value is -2.10. The first kappa shape index (κ1) is 14.8. The zero-order valence-electron chi connectivity index (χ0n) is 13.0.